The largest absolute Gasteiger partial charge is 0.385 e. The van der Waals surface area contributed by atoms with Gasteiger partial charge in [0.2, 0.25) is 5.91 Å². The Hall–Kier alpha value is -2.92. The molecule has 0 saturated carbocycles. The lowest BCUT2D eigenvalue weighted by atomic mass is 9.99. The molecule has 1 aliphatic heterocycles. The van der Waals surface area contributed by atoms with Crippen molar-refractivity contribution < 1.29 is 9.53 Å². The summed E-state index contributed by atoms with van der Waals surface area (Å²) < 4.78 is 7.11. The Kier molecular flexibility index (Phi) is 6.06. The van der Waals surface area contributed by atoms with Gasteiger partial charge in [0.05, 0.1) is 5.52 Å². The van der Waals surface area contributed by atoms with Gasteiger partial charge in [-0.15, -0.1) is 0 Å². The van der Waals surface area contributed by atoms with E-state index < -0.39 is 0 Å². The number of rotatable bonds is 6. The highest BCUT2D eigenvalue weighted by molar-refractivity contribution is 5.95. The van der Waals surface area contributed by atoms with E-state index >= 15 is 0 Å². The van der Waals surface area contributed by atoms with Crippen molar-refractivity contribution in [3.63, 3.8) is 0 Å². The molecule has 4 rings (SSSR count). The second-order valence-corrected chi connectivity index (χ2v) is 7.45. The Morgan fingerprint density at radius 2 is 2.00 bits per heavy atom. The SMILES string of the molecule is COCCC1CCCCN1C(=O)C=Cc1c(-c2ccccc2)nn2ccccc12. The van der Waals surface area contributed by atoms with Crippen molar-refractivity contribution in [1.29, 1.82) is 0 Å². The summed E-state index contributed by atoms with van der Waals surface area (Å²) in [5.41, 5.74) is 3.88. The fourth-order valence-corrected chi connectivity index (χ4v) is 4.09. The first-order valence-corrected chi connectivity index (χ1v) is 10.3. The lowest BCUT2D eigenvalue weighted by Crippen LogP contribution is -2.43. The standard InChI is InChI=1S/C24H27N3O2/c1-29-18-15-20-11-5-7-16-26(20)23(28)14-13-21-22-12-6-8-17-27(22)25-24(21)19-9-3-2-4-10-19/h2-4,6,8-10,12-14,17,20H,5,7,11,15-16,18H2,1H3. The zero-order valence-electron chi connectivity index (χ0n) is 16.8. The molecule has 1 unspecified atom stereocenters. The highest BCUT2D eigenvalue weighted by atomic mass is 16.5. The van der Waals surface area contributed by atoms with Gasteiger partial charge < -0.3 is 9.64 Å². The van der Waals surface area contributed by atoms with E-state index in [0.29, 0.717) is 6.61 Å². The van der Waals surface area contributed by atoms with Crippen molar-refractivity contribution in [3.8, 4) is 11.3 Å². The minimum atomic E-state index is 0.0695. The molecule has 0 bridgehead atoms. The van der Waals surface area contributed by atoms with Crippen LogP contribution in [0.2, 0.25) is 0 Å². The average Bonchev–Trinajstić information content (AvgIpc) is 3.15. The summed E-state index contributed by atoms with van der Waals surface area (Å²) in [5.74, 6) is 0.0695. The third-order valence-electron chi connectivity index (χ3n) is 5.58. The summed E-state index contributed by atoms with van der Waals surface area (Å²) in [6.07, 6.45) is 9.75. The van der Waals surface area contributed by atoms with Crippen LogP contribution in [-0.2, 0) is 9.53 Å². The molecule has 2 aromatic heterocycles. The number of fused-ring (bicyclic) bond motifs is 1. The predicted molar refractivity (Wildman–Crippen MR) is 116 cm³/mol. The van der Waals surface area contributed by atoms with Crippen LogP contribution in [0.5, 0.6) is 0 Å². The number of likely N-dealkylation sites (tertiary alicyclic amines) is 1. The van der Waals surface area contributed by atoms with Crippen LogP contribution in [0.25, 0.3) is 22.9 Å². The minimum absolute atomic E-state index is 0.0695. The maximum absolute atomic E-state index is 13.0. The highest BCUT2D eigenvalue weighted by Gasteiger charge is 2.25. The van der Waals surface area contributed by atoms with Gasteiger partial charge in [0, 0.05) is 49.7 Å². The molecular weight excluding hydrogens is 362 g/mol. The topological polar surface area (TPSA) is 46.8 Å². The number of nitrogens with zero attached hydrogens (tertiary/aromatic N) is 3. The molecule has 1 fully saturated rings. The van der Waals surface area contributed by atoms with Crippen LogP contribution in [-0.4, -0.2) is 46.7 Å². The van der Waals surface area contributed by atoms with Gasteiger partial charge in [-0.1, -0.05) is 36.4 Å². The van der Waals surface area contributed by atoms with E-state index in [-0.39, 0.29) is 11.9 Å². The van der Waals surface area contributed by atoms with Gasteiger partial charge in [-0.05, 0) is 43.9 Å². The molecular formula is C24H27N3O2. The lowest BCUT2D eigenvalue weighted by molar-refractivity contribution is -0.129. The first-order chi connectivity index (χ1) is 14.3. The molecule has 1 amide bonds. The molecule has 3 heterocycles. The Labute approximate surface area is 171 Å². The number of hydrogen-bond donors (Lipinski definition) is 0. The number of carbonyl (C=O) groups excluding carboxylic acids is 1. The van der Waals surface area contributed by atoms with Crippen LogP contribution in [0, 0.1) is 0 Å². The number of aromatic nitrogens is 2. The van der Waals surface area contributed by atoms with Crippen LogP contribution < -0.4 is 0 Å². The Morgan fingerprint density at radius 1 is 1.17 bits per heavy atom. The molecule has 150 valence electrons. The number of pyridine rings is 1. The number of hydrogen-bond acceptors (Lipinski definition) is 3. The second kappa shape index (κ2) is 9.05. The summed E-state index contributed by atoms with van der Waals surface area (Å²) in [6.45, 7) is 1.50. The van der Waals surface area contributed by atoms with Gasteiger partial charge in [-0.25, -0.2) is 4.52 Å². The van der Waals surface area contributed by atoms with Crippen LogP contribution in [0.3, 0.4) is 0 Å². The molecule has 0 N–H and O–H groups in total. The smallest absolute Gasteiger partial charge is 0.246 e. The third-order valence-corrected chi connectivity index (χ3v) is 5.58. The van der Waals surface area contributed by atoms with E-state index in [1.54, 1.807) is 13.2 Å². The molecule has 29 heavy (non-hydrogen) atoms. The highest BCUT2D eigenvalue weighted by Crippen LogP contribution is 2.28. The van der Waals surface area contributed by atoms with Gasteiger partial charge in [-0.2, -0.15) is 5.10 Å². The molecule has 5 nitrogen and oxygen atoms in total. The van der Waals surface area contributed by atoms with Crippen LogP contribution in [0.4, 0.5) is 0 Å². The maximum Gasteiger partial charge on any atom is 0.246 e. The first-order valence-electron chi connectivity index (χ1n) is 10.3. The van der Waals surface area contributed by atoms with E-state index in [9.17, 15) is 4.79 Å². The van der Waals surface area contributed by atoms with Crippen molar-refractivity contribution in [1.82, 2.24) is 14.5 Å². The summed E-state index contributed by atoms with van der Waals surface area (Å²) in [7, 11) is 1.71. The van der Waals surface area contributed by atoms with E-state index in [0.717, 1.165) is 48.1 Å². The number of carbonyl (C=O) groups is 1. The van der Waals surface area contributed by atoms with Crippen molar-refractivity contribution in [2.45, 2.75) is 31.7 Å². The van der Waals surface area contributed by atoms with Gasteiger partial charge in [-0.3, -0.25) is 4.79 Å². The quantitative estimate of drug-likeness (QED) is 0.586. The number of amides is 1. The zero-order valence-corrected chi connectivity index (χ0v) is 16.8. The third kappa shape index (κ3) is 4.25. The zero-order chi connectivity index (χ0) is 20.1. The van der Waals surface area contributed by atoms with E-state index in [4.69, 9.17) is 9.84 Å². The monoisotopic (exact) mass is 389 g/mol. The fraction of sp³-hybridized carbons (Fsp3) is 0.333. The second-order valence-electron chi connectivity index (χ2n) is 7.45. The molecule has 0 spiro atoms. The molecule has 0 aliphatic carbocycles. The van der Waals surface area contributed by atoms with Crippen LogP contribution in [0.15, 0.2) is 60.8 Å². The summed E-state index contributed by atoms with van der Waals surface area (Å²) in [6, 6.07) is 16.4. The summed E-state index contributed by atoms with van der Waals surface area (Å²) in [5, 5.41) is 4.75. The van der Waals surface area contributed by atoms with Crippen LogP contribution in [0.1, 0.15) is 31.2 Å². The molecule has 1 saturated heterocycles. The normalized spacial score (nSPS) is 17.3. The lowest BCUT2D eigenvalue weighted by Gasteiger charge is -2.35. The summed E-state index contributed by atoms with van der Waals surface area (Å²) >= 11 is 0. The maximum atomic E-state index is 13.0. The van der Waals surface area contributed by atoms with Crippen molar-refractivity contribution in [2.75, 3.05) is 20.3 Å². The number of ether oxygens (including phenoxy) is 1. The van der Waals surface area contributed by atoms with Gasteiger partial charge in [0.1, 0.15) is 5.69 Å². The average molecular weight is 389 g/mol. The van der Waals surface area contributed by atoms with E-state index in [2.05, 4.69) is 0 Å². The Morgan fingerprint density at radius 3 is 2.83 bits per heavy atom. The number of benzene rings is 1. The molecule has 5 heteroatoms. The van der Waals surface area contributed by atoms with Crippen molar-refractivity contribution >= 4 is 17.5 Å². The molecule has 1 aliphatic rings. The Bertz CT molecular complexity index is 994. The fourth-order valence-electron chi connectivity index (χ4n) is 4.09. The van der Waals surface area contributed by atoms with Gasteiger partial charge in [0.25, 0.3) is 0 Å². The van der Waals surface area contributed by atoms with Crippen molar-refractivity contribution in [3.05, 3.63) is 66.4 Å². The first kappa shape index (κ1) is 19.4. The number of methoxy groups -OCH3 is 1. The molecule has 1 aromatic carbocycles. The Balaban J connectivity index is 1.64. The predicted octanol–water partition coefficient (Wildman–Crippen LogP) is 4.43. The minimum Gasteiger partial charge on any atom is -0.385 e. The van der Waals surface area contributed by atoms with E-state index in [1.807, 2.05) is 70.2 Å². The molecule has 3 aromatic rings. The van der Waals surface area contributed by atoms with Gasteiger partial charge >= 0.3 is 0 Å². The van der Waals surface area contributed by atoms with Crippen LogP contribution >= 0.6 is 0 Å². The van der Waals surface area contributed by atoms with E-state index in [1.165, 1.54) is 6.42 Å². The number of piperidine rings is 1. The molecule has 1 atom stereocenters. The summed E-state index contributed by atoms with van der Waals surface area (Å²) in [4.78, 5) is 15.0. The molecule has 0 radical (unpaired) electrons. The van der Waals surface area contributed by atoms with Crippen molar-refractivity contribution in [2.24, 2.45) is 0 Å². The van der Waals surface area contributed by atoms with Gasteiger partial charge in [0.15, 0.2) is 0 Å².